The van der Waals surface area contributed by atoms with Crippen LogP contribution in [0, 0.1) is 0 Å². The van der Waals surface area contributed by atoms with Gasteiger partial charge in [-0.2, -0.15) is 5.10 Å². The number of hydrazone groups is 1. The highest BCUT2D eigenvalue weighted by molar-refractivity contribution is 6.35. The second-order valence-electron chi connectivity index (χ2n) is 4.85. The molecule has 0 saturated carbocycles. The Labute approximate surface area is 143 Å². The summed E-state index contributed by atoms with van der Waals surface area (Å²) in [6, 6.07) is 9.85. The Kier molecular flexibility index (Phi) is 6.35. The van der Waals surface area contributed by atoms with Crippen molar-refractivity contribution in [3.8, 4) is 0 Å². The number of rotatable bonds is 5. The topological polar surface area (TPSA) is 110 Å². The number of hydrogen-bond donors (Lipinski definition) is 2. The molecule has 0 spiro atoms. The molecule has 0 radical (unpaired) electrons. The first kappa shape index (κ1) is 17.8. The number of hydrogen-bond acceptors (Lipinski definition) is 6. The number of carbonyl (C=O) groups excluding carboxylic acids is 3. The van der Waals surface area contributed by atoms with Gasteiger partial charge in [0, 0.05) is 18.9 Å². The summed E-state index contributed by atoms with van der Waals surface area (Å²) in [5, 5.41) is 6.17. The fraction of sp³-hybridized carbons (Fsp3) is 0.118. The van der Waals surface area contributed by atoms with E-state index in [-0.39, 0.29) is 6.54 Å². The predicted molar refractivity (Wildman–Crippen MR) is 89.6 cm³/mol. The second-order valence-corrected chi connectivity index (χ2v) is 4.85. The number of methoxy groups -OCH3 is 1. The minimum atomic E-state index is -0.878. The standard InChI is InChI=1S/C17H16N4O4/c1-25-17(24)14-4-2-12(3-5-14)11-20-21-16(23)15(22)19-10-13-6-8-18-9-7-13/h2-9,11H,10H2,1H3,(H,19,22)(H,21,23)/b20-11+. The van der Waals surface area contributed by atoms with Crippen LogP contribution < -0.4 is 10.7 Å². The van der Waals surface area contributed by atoms with Gasteiger partial charge in [0.2, 0.25) is 0 Å². The van der Waals surface area contributed by atoms with E-state index < -0.39 is 17.8 Å². The Morgan fingerprint density at radius 2 is 1.76 bits per heavy atom. The smallest absolute Gasteiger partial charge is 0.337 e. The summed E-state index contributed by atoms with van der Waals surface area (Å²) in [4.78, 5) is 38.4. The molecule has 1 heterocycles. The lowest BCUT2D eigenvalue weighted by atomic mass is 10.1. The van der Waals surface area contributed by atoms with E-state index in [4.69, 9.17) is 0 Å². The summed E-state index contributed by atoms with van der Waals surface area (Å²) in [6.07, 6.45) is 4.55. The van der Waals surface area contributed by atoms with E-state index in [2.05, 4.69) is 25.6 Å². The van der Waals surface area contributed by atoms with Crippen molar-refractivity contribution in [2.75, 3.05) is 7.11 Å². The van der Waals surface area contributed by atoms with Crippen molar-refractivity contribution in [1.82, 2.24) is 15.7 Å². The zero-order chi connectivity index (χ0) is 18.1. The van der Waals surface area contributed by atoms with Crippen LogP contribution in [0.15, 0.2) is 53.9 Å². The van der Waals surface area contributed by atoms with Crippen LogP contribution in [-0.2, 0) is 20.9 Å². The Morgan fingerprint density at radius 3 is 2.40 bits per heavy atom. The highest BCUT2D eigenvalue weighted by Gasteiger charge is 2.11. The molecule has 2 amide bonds. The van der Waals surface area contributed by atoms with Crippen LogP contribution in [-0.4, -0.2) is 36.1 Å². The van der Waals surface area contributed by atoms with Gasteiger partial charge in [-0.15, -0.1) is 0 Å². The SMILES string of the molecule is COC(=O)c1ccc(/C=N/NC(=O)C(=O)NCc2ccncc2)cc1. The van der Waals surface area contributed by atoms with Crippen LogP contribution in [0.4, 0.5) is 0 Å². The van der Waals surface area contributed by atoms with Gasteiger partial charge in [0.25, 0.3) is 0 Å². The normalized spacial score (nSPS) is 10.3. The monoisotopic (exact) mass is 340 g/mol. The third-order valence-corrected chi connectivity index (χ3v) is 3.12. The maximum absolute atomic E-state index is 11.6. The van der Waals surface area contributed by atoms with Crippen molar-refractivity contribution < 1.29 is 19.1 Å². The third-order valence-electron chi connectivity index (χ3n) is 3.12. The van der Waals surface area contributed by atoms with E-state index >= 15 is 0 Å². The number of aromatic nitrogens is 1. The average Bonchev–Trinajstić information content (AvgIpc) is 2.66. The van der Waals surface area contributed by atoms with Gasteiger partial charge in [-0.25, -0.2) is 10.2 Å². The van der Waals surface area contributed by atoms with E-state index in [0.29, 0.717) is 11.1 Å². The lowest BCUT2D eigenvalue weighted by Gasteiger charge is -2.03. The quantitative estimate of drug-likeness (QED) is 0.359. The zero-order valence-corrected chi connectivity index (χ0v) is 13.4. The second kappa shape index (κ2) is 8.92. The molecule has 0 unspecified atom stereocenters. The molecule has 0 saturated heterocycles. The molecule has 2 aromatic rings. The van der Waals surface area contributed by atoms with Crippen LogP contribution in [0.5, 0.6) is 0 Å². The van der Waals surface area contributed by atoms with Crippen LogP contribution in [0.3, 0.4) is 0 Å². The molecule has 0 atom stereocenters. The Balaban J connectivity index is 1.81. The number of amides is 2. The minimum absolute atomic E-state index is 0.216. The number of pyridine rings is 1. The van der Waals surface area contributed by atoms with E-state index in [1.807, 2.05) is 0 Å². The van der Waals surface area contributed by atoms with E-state index in [1.54, 1.807) is 48.8 Å². The zero-order valence-electron chi connectivity index (χ0n) is 13.4. The van der Waals surface area contributed by atoms with E-state index in [0.717, 1.165) is 5.56 Å². The van der Waals surface area contributed by atoms with Crippen molar-refractivity contribution in [2.45, 2.75) is 6.54 Å². The summed E-state index contributed by atoms with van der Waals surface area (Å²) < 4.78 is 4.59. The van der Waals surface area contributed by atoms with E-state index in [9.17, 15) is 14.4 Å². The van der Waals surface area contributed by atoms with Crippen LogP contribution in [0.2, 0.25) is 0 Å². The van der Waals surface area contributed by atoms with Gasteiger partial charge in [-0.05, 0) is 35.4 Å². The highest BCUT2D eigenvalue weighted by atomic mass is 16.5. The summed E-state index contributed by atoms with van der Waals surface area (Å²) in [7, 11) is 1.30. The number of nitrogens with one attached hydrogen (secondary N) is 2. The van der Waals surface area contributed by atoms with Gasteiger partial charge in [-0.3, -0.25) is 14.6 Å². The molecule has 2 rings (SSSR count). The first-order valence-electron chi connectivity index (χ1n) is 7.28. The summed E-state index contributed by atoms with van der Waals surface area (Å²) in [5.74, 6) is -2.12. The minimum Gasteiger partial charge on any atom is -0.465 e. The molecule has 1 aromatic carbocycles. The summed E-state index contributed by atoms with van der Waals surface area (Å²) in [5.41, 5.74) is 4.00. The molecule has 8 heteroatoms. The van der Waals surface area contributed by atoms with Gasteiger partial charge in [0.15, 0.2) is 0 Å². The molecular formula is C17H16N4O4. The van der Waals surface area contributed by atoms with Crippen molar-refractivity contribution in [2.24, 2.45) is 5.10 Å². The predicted octanol–water partition coefficient (Wildman–Crippen LogP) is 0.635. The van der Waals surface area contributed by atoms with Crippen molar-refractivity contribution in [3.05, 3.63) is 65.5 Å². The highest BCUT2D eigenvalue weighted by Crippen LogP contribution is 2.03. The Hall–Kier alpha value is -3.55. The Morgan fingerprint density at radius 1 is 1.08 bits per heavy atom. The largest absolute Gasteiger partial charge is 0.465 e. The molecule has 2 N–H and O–H groups in total. The van der Waals surface area contributed by atoms with Crippen molar-refractivity contribution in [3.63, 3.8) is 0 Å². The first-order chi connectivity index (χ1) is 12.1. The molecule has 0 fully saturated rings. The number of benzene rings is 1. The van der Waals surface area contributed by atoms with Crippen LogP contribution >= 0.6 is 0 Å². The molecule has 0 bridgehead atoms. The summed E-state index contributed by atoms with van der Waals surface area (Å²) >= 11 is 0. The lowest BCUT2D eigenvalue weighted by molar-refractivity contribution is -0.139. The van der Waals surface area contributed by atoms with Crippen molar-refractivity contribution >= 4 is 24.0 Å². The average molecular weight is 340 g/mol. The van der Waals surface area contributed by atoms with Gasteiger partial charge < -0.3 is 10.1 Å². The number of nitrogens with zero attached hydrogens (tertiary/aromatic N) is 2. The van der Waals surface area contributed by atoms with Gasteiger partial charge in [0.1, 0.15) is 0 Å². The number of carbonyl (C=O) groups is 3. The Bertz CT molecular complexity index is 773. The fourth-order valence-electron chi connectivity index (χ4n) is 1.80. The third kappa shape index (κ3) is 5.54. The molecule has 0 aliphatic rings. The van der Waals surface area contributed by atoms with Crippen LogP contribution in [0.1, 0.15) is 21.5 Å². The van der Waals surface area contributed by atoms with Gasteiger partial charge in [0.05, 0.1) is 18.9 Å². The summed E-state index contributed by atoms with van der Waals surface area (Å²) in [6.45, 7) is 0.216. The molecule has 25 heavy (non-hydrogen) atoms. The molecule has 1 aromatic heterocycles. The molecule has 0 aliphatic carbocycles. The molecule has 8 nitrogen and oxygen atoms in total. The molecular weight excluding hydrogens is 324 g/mol. The van der Waals surface area contributed by atoms with Crippen LogP contribution in [0.25, 0.3) is 0 Å². The lowest BCUT2D eigenvalue weighted by Crippen LogP contribution is -2.37. The first-order valence-corrected chi connectivity index (χ1v) is 7.28. The van der Waals surface area contributed by atoms with Gasteiger partial charge >= 0.3 is 17.8 Å². The van der Waals surface area contributed by atoms with E-state index in [1.165, 1.54) is 13.3 Å². The number of ether oxygens (including phenoxy) is 1. The number of esters is 1. The maximum Gasteiger partial charge on any atom is 0.337 e. The fourth-order valence-corrected chi connectivity index (χ4v) is 1.80. The van der Waals surface area contributed by atoms with Gasteiger partial charge in [-0.1, -0.05) is 12.1 Å². The van der Waals surface area contributed by atoms with Crippen molar-refractivity contribution in [1.29, 1.82) is 0 Å². The molecule has 128 valence electrons. The maximum atomic E-state index is 11.6. The molecule has 0 aliphatic heterocycles.